The summed E-state index contributed by atoms with van der Waals surface area (Å²) in [6.45, 7) is 14.1. The largest absolute Gasteiger partial charge is 0.373 e. The molecule has 96 valence electrons. The normalized spacial score (nSPS) is 23.2. The Morgan fingerprint density at radius 2 is 2.19 bits per heavy atom. The van der Waals surface area contributed by atoms with E-state index >= 15 is 0 Å². The first kappa shape index (κ1) is 13.9. The van der Waals surface area contributed by atoms with Crippen molar-refractivity contribution in [1.29, 1.82) is 0 Å². The van der Waals surface area contributed by atoms with Crippen LogP contribution in [0.25, 0.3) is 0 Å². The van der Waals surface area contributed by atoms with E-state index in [-0.39, 0.29) is 5.60 Å². The predicted octanol–water partition coefficient (Wildman–Crippen LogP) is 1.88. The molecule has 0 aliphatic carbocycles. The van der Waals surface area contributed by atoms with Crippen molar-refractivity contribution in [2.75, 3.05) is 32.8 Å². The van der Waals surface area contributed by atoms with Crippen molar-refractivity contribution in [3.63, 3.8) is 0 Å². The number of unbranched alkanes of at least 4 members (excludes halogenated alkanes) is 1. The van der Waals surface area contributed by atoms with E-state index in [1.54, 1.807) is 0 Å². The van der Waals surface area contributed by atoms with E-state index in [9.17, 15) is 0 Å². The van der Waals surface area contributed by atoms with Crippen LogP contribution in [0.5, 0.6) is 0 Å². The minimum atomic E-state index is 0.0237. The molecule has 1 heterocycles. The van der Waals surface area contributed by atoms with Crippen LogP contribution in [0.3, 0.4) is 0 Å². The van der Waals surface area contributed by atoms with Crippen molar-refractivity contribution in [2.24, 2.45) is 0 Å². The van der Waals surface area contributed by atoms with Gasteiger partial charge in [0.05, 0.1) is 12.2 Å². The molecule has 0 aromatic carbocycles. The van der Waals surface area contributed by atoms with Crippen LogP contribution in [-0.2, 0) is 4.74 Å². The highest BCUT2D eigenvalue weighted by atomic mass is 16.5. The number of ether oxygens (including phenoxy) is 1. The van der Waals surface area contributed by atoms with Gasteiger partial charge in [-0.2, -0.15) is 0 Å². The molecular weight excluding hydrogens is 200 g/mol. The summed E-state index contributed by atoms with van der Waals surface area (Å²) < 4.78 is 5.73. The summed E-state index contributed by atoms with van der Waals surface area (Å²) in [7, 11) is 0. The van der Waals surface area contributed by atoms with Gasteiger partial charge in [-0.25, -0.2) is 0 Å². The van der Waals surface area contributed by atoms with Gasteiger partial charge < -0.3 is 10.1 Å². The second-order valence-corrected chi connectivity index (χ2v) is 5.49. The molecule has 3 heteroatoms. The predicted molar refractivity (Wildman–Crippen MR) is 68.8 cm³/mol. The molecular formula is C13H28N2O. The zero-order valence-corrected chi connectivity index (χ0v) is 11.4. The highest BCUT2D eigenvalue weighted by Gasteiger charge is 2.29. The molecule has 0 aromatic heterocycles. The van der Waals surface area contributed by atoms with Crippen molar-refractivity contribution >= 4 is 0 Å². The maximum Gasteiger partial charge on any atom is 0.0753 e. The van der Waals surface area contributed by atoms with Gasteiger partial charge in [0.25, 0.3) is 0 Å². The summed E-state index contributed by atoms with van der Waals surface area (Å²) in [5, 5.41) is 3.53. The summed E-state index contributed by atoms with van der Waals surface area (Å²) in [6, 6.07) is 0.611. The van der Waals surface area contributed by atoms with Crippen LogP contribution >= 0.6 is 0 Å². The van der Waals surface area contributed by atoms with Gasteiger partial charge in [-0.1, -0.05) is 13.3 Å². The van der Waals surface area contributed by atoms with E-state index in [0.29, 0.717) is 6.04 Å². The van der Waals surface area contributed by atoms with E-state index < -0.39 is 0 Å². The average Bonchev–Trinajstić information content (AvgIpc) is 2.22. The van der Waals surface area contributed by atoms with Gasteiger partial charge in [-0.3, -0.25) is 4.90 Å². The molecule has 1 rings (SSSR count). The standard InChI is InChI=1S/C13H28N2O/c1-5-6-7-14-10-12(2)15-8-9-16-13(3,4)11-15/h12,14H,5-11H2,1-4H3. The van der Waals surface area contributed by atoms with Crippen LogP contribution in [0.2, 0.25) is 0 Å². The smallest absolute Gasteiger partial charge is 0.0753 e. The van der Waals surface area contributed by atoms with E-state index in [0.717, 1.165) is 32.8 Å². The van der Waals surface area contributed by atoms with Crippen molar-refractivity contribution in [3.05, 3.63) is 0 Å². The van der Waals surface area contributed by atoms with Crippen LogP contribution in [0.4, 0.5) is 0 Å². The summed E-state index contributed by atoms with van der Waals surface area (Å²) in [5.41, 5.74) is 0.0237. The van der Waals surface area contributed by atoms with E-state index in [1.165, 1.54) is 12.8 Å². The average molecular weight is 228 g/mol. The Labute approximate surface area is 101 Å². The van der Waals surface area contributed by atoms with Gasteiger partial charge in [-0.05, 0) is 33.7 Å². The van der Waals surface area contributed by atoms with E-state index in [4.69, 9.17) is 4.74 Å². The highest BCUT2D eigenvalue weighted by Crippen LogP contribution is 2.17. The SMILES string of the molecule is CCCCNCC(C)N1CCOC(C)(C)C1. The van der Waals surface area contributed by atoms with Gasteiger partial charge in [-0.15, -0.1) is 0 Å². The minimum absolute atomic E-state index is 0.0237. The molecule has 1 atom stereocenters. The van der Waals surface area contributed by atoms with Crippen LogP contribution in [-0.4, -0.2) is 49.3 Å². The summed E-state index contributed by atoms with van der Waals surface area (Å²) in [5.74, 6) is 0. The van der Waals surface area contributed by atoms with Gasteiger partial charge in [0.15, 0.2) is 0 Å². The molecule has 1 unspecified atom stereocenters. The molecule has 1 N–H and O–H groups in total. The van der Waals surface area contributed by atoms with Crippen molar-refractivity contribution < 1.29 is 4.74 Å². The Kier molecular flexibility index (Phi) is 5.73. The number of rotatable bonds is 6. The number of morpholine rings is 1. The molecule has 16 heavy (non-hydrogen) atoms. The Morgan fingerprint density at radius 3 is 2.81 bits per heavy atom. The second kappa shape index (κ2) is 6.58. The third kappa shape index (κ3) is 4.81. The zero-order chi connectivity index (χ0) is 12.0. The van der Waals surface area contributed by atoms with Gasteiger partial charge >= 0.3 is 0 Å². The molecule has 0 saturated carbocycles. The summed E-state index contributed by atoms with van der Waals surface area (Å²) in [6.07, 6.45) is 2.55. The monoisotopic (exact) mass is 228 g/mol. The molecule has 0 amide bonds. The Balaban J connectivity index is 2.22. The maximum atomic E-state index is 5.73. The first-order chi connectivity index (χ1) is 7.55. The summed E-state index contributed by atoms with van der Waals surface area (Å²) >= 11 is 0. The molecule has 0 radical (unpaired) electrons. The van der Waals surface area contributed by atoms with Gasteiger partial charge in [0.1, 0.15) is 0 Å². The fourth-order valence-electron chi connectivity index (χ4n) is 2.17. The van der Waals surface area contributed by atoms with Crippen molar-refractivity contribution in [2.45, 2.75) is 52.2 Å². The first-order valence-electron chi connectivity index (χ1n) is 6.64. The fourth-order valence-corrected chi connectivity index (χ4v) is 2.17. The lowest BCUT2D eigenvalue weighted by atomic mass is 10.1. The number of hydrogen-bond acceptors (Lipinski definition) is 3. The molecule has 1 aliphatic rings. The molecule has 1 fully saturated rings. The van der Waals surface area contributed by atoms with Crippen molar-refractivity contribution in [3.8, 4) is 0 Å². The third-order valence-electron chi connectivity index (χ3n) is 3.23. The minimum Gasteiger partial charge on any atom is -0.373 e. The fraction of sp³-hybridized carbons (Fsp3) is 1.00. The van der Waals surface area contributed by atoms with E-state index in [1.807, 2.05) is 0 Å². The molecule has 0 bridgehead atoms. The van der Waals surface area contributed by atoms with Crippen LogP contribution in [0.15, 0.2) is 0 Å². The third-order valence-corrected chi connectivity index (χ3v) is 3.23. The highest BCUT2D eigenvalue weighted by molar-refractivity contribution is 4.82. The van der Waals surface area contributed by atoms with E-state index in [2.05, 4.69) is 37.9 Å². The lowest BCUT2D eigenvalue weighted by molar-refractivity contribution is -0.0950. The number of nitrogens with zero attached hydrogens (tertiary/aromatic N) is 1. The van der Waals surface area contributed by atoms with Crippen LogP contribution < -0.4 is 5.32 Å². The molecule has 0 spiro atoms. The number of hydrogen-bond donors (Lipinski definition) is 1. The van der Waals surface area contributed by atoms with Crippen LogP contribution in [0.1, 0.15) is 40.5 Å². The quantitative estimate of drug-likeness (QED) is 0.703. The topological polar surface area (TPSA) is 24.5 Å². The molecule has 1 aliphatic heterocycles. The second-order valence-electron chi connectivity index (χ2n) is 5.49. The Hall–Kier alpha value is -0.120. The number of nitrogens with one attached hydrogen (secondary N) is 1. The Bertz CT molecular complexity index is 194. The molecule has 3 nitrogen and oxygen atoms in total. The van der Waals surface area contributed by atoms with Crippen LogP contribution in [0, 0.1) is 0 Å². The lowest BCUT2D eigenvalue weighted by Crippen LogP contribution is -2.53. The lowest BCUT2D eigenvalue weighted by Gasteiger charge is -2.41. The van der Waals surface area contributed by atoms with Gasteiger partial charge in [0, 0.05) is 25.7 Å². The Morgan fingerprint density at radius 1 is 1.44 bits per heavy atom. The maximum absolute atomic E-state index is 5.73. The first-order valence-corrected chi connectivity index (χ1v) is 6.64. The molecule has 1 saturated heterocycles. The van der Waals surface area contributed by atoms with Crippen molar-refractivity contribution in [1.82, 2.24) is 10.2 Å². The summed E-state index contributed by atoms with van der Waals surface area (Å²) in [4.78, 5) is 2.53. The zero-order valence-electron chi connectivity index (χ0n) is 11.4. The molecule has 0 aromatic rings. The van der Waals surface area contributed by atoms with Gasteiger partial charge in [0.2, 0.25) is 0 Å².